The molecule has 1 aliphatic heterocycles. The van der Waals surface area contributed by atoms with E-state index in [0.29, 0.717) is 36.0 Å². The Labute approximate surface area is 162 Å². The summed E-state index contributed by atoms with van der Waals surface area (Å²) in [6.45, 7) is 5.54. The number of aromatic amines is 1. The lowest BCUT2D eigenvalue weighted by molar-refractivity contribution is 0.365. The maximum Gasteiger partial charge on any atom is 0.181 e. The highest BCUT2D eigenvalue weighted by Crippen LogP contribution is 2.33. The molecule has 4 heterocycles. The summed E-state index contributed by atoms with van der Waals surface area (Å²) in [7, 11) is 0. The molecule has 3 aromatic heterocycles. The van der Waals surface area contributed by atoms with E-state index in [2.05, 4.69) is 34.0 Å². The minimum Gasteiger partial charge on any atom is -0.354 e. The average molecular weight is 379 g/mol. The number of H-pyrrole nitrogens is 1. The highest BCUT2D eigenvalue weighted by Gasteiger charge is 2.31. The number of nitrogens with one attached hydrogen (secondary N) is 1. The third-order valence-corrected chi connectivity index (χ3v) is 5.48. The largest absolute Gasteiger partial charge is 0.354 e. The number of aromatic nitrogens is 4. The molecule has 3 aromatic rings. The smallest absolute Gasteiger partial charge is 0.181 e. The van der Waals surface area contributed by atoms with Crippen LogP contribution in [0, 0.1) is 29.0 Å². The maximum absolute atomic E-state index is 14.8. The monoisotopic (exact) mass is 379 g/mol. The SMILES string of the molecule is CC(C)C(N)C1CCN(c2nc(-c3[nH]nc4ncccc34)c(C#N)cc2F)C1. The maximum atomic E-state index is 14.8. The van der Waals surface area contributed by atoms with Crippen LogP contribution in [0.1, 0.15) is 25.8 Å². The van der Waals surface area contributed by atoms with Crippen LogP contribution in [0.25, 0.3) is 22.4 Å². The normalized spacial score (nSPS) is 18.0. The van der Waals surface area contributed by atoms with E-state index < -0.39 is 5.82 Å². The number of hydrogen-bond donors (Lipinski definition) is 2. The molecule has 0 saturated carbocycles. The molecule has 0 aromatic carbocycles. The molecule has 7 nitrogen and oxygen atoms in total. The van der Waals surface area contributed by atoms with Crippen molar-refractivity contribution in [2.24, 2.45) is 17.6 Å². The molecule has 3 N–H and O–H groups in total. The van der Waals surface area contributed by atoms with Crippen LogP contribution in [0.5, 0.6) is 0 Å². The number of nitriles is 1. The van der Waals surface area contributed by atoms with Crippen LogP contribution >= 0.6 is 0 Å². The van der Waals surface area contributed by atoms with Crippen molar-refractivity contribution in [3.63, 3.8) is 0 Å². The summed E-state index contributed by atoms with van der Waals surface area (Å²) in [5.41, 5.74) is 7.94. The zero-order valence-electron chi connectivity index (χ0n) is 15.9. The first-order valence-electron chi connectivity index (χ1n) is 9.40. The quantitative estimate of drug-likeness (QED) is 0.722. The molecule has 0 aliphatic carbocycles. The van der Waals surface area contributed by atoms with E-state index in [1.807, 2.05) is 17.0 Å². The first-order chi connectivity index (χ1) is 13.5. The van der Waals surface area contributed by atoms with Gasteiger partial charge in [-0.25, -0.2) is 14.4 Å². The second-order valence-electron chi connectivity index (χ2n) is 7.59. The summed E-state index contributed by atoms with van der Waals surface area (Å²) in [6, 6.07) is 6.99. The summed E-state index contributed by atoms with van der Waals surface area (Å²) >= 11 is 0. The molecule has 144 valence electrons. The Kier molecular flexibility index (Phi) is 4.69. The van der Waals surface area contributed by atoms with Gasteiger partial charge in [-0.15, -0.1) is 0 Å². The van der Waals surface area contributed by atoms with Crippen molar-refractivity contribution in [2.45, 2.75) is 26.3 Å². The fraction of sp³-hybridized carbons (Fsp3) is 0.400. The van der Waals surface area contributed by atoms with Gasteiger partial charge in [0.1, 0.15) is 11.8 Å². The van der Waals surface area contributed by atoms with E-state index in [9.17, 15) is 9.65 Å². The molecule has 2 atom stereocenters. The van der Waals surface area contributed by atoms with Crippen molar-refractivity contribution in [1.82, 2.24) is 20.2 Å². The molecule has 1 saturated heterocycles. The molecule has 1 aliphatic rings. The Morgan fingerprint density at radius 3 is 3.00 bits per heavy atom. The molecular formula is C20H22FN7. The van der Waals surface area contributed by atoms with Gasteiger partial charge in [-0.05, 0) is 36.5 Å². The van der Waals surface area contributed by atoms with Crippen LogP contribution in [-0.4, -0.2) is 39.3 Å². The van der Waals surface area contributed by atoms with E-state index in [4.69, 9.17) is 5.73 Å². The Hall–Kier alpha value is -3.05. The first kappa shape index (κ1) is 18.3. The number of halogens is 1. The fourth-order valence-corrected chi connectivity index (χ4v) is 3.85. The summed E-state index contributed by atoms with van der Waals surface area (Å²) in [6.07, 6.45) is 2.54. The van der Waals surface area contributed by atoms with Gasteiger partial charge in [0, 0.05) is 30.7 Å². The number of nitrogens with zero attached hydrogens (tertiary/aromatic N) is 5. The minimum absolute atomic E-state index is 0.0635. The van der Waals surface area contributed by atoms with Crippen LogP contribution in [0.15, 0.2) is 24.4 Å². The zero-order valence-corrected chi connectivity index (χ0v) is 15.9. The molecule has 1 fully saturated rings. The number of fused-ring (bicyclic) bond motifs is 1. The summed E-state index contributed by atoms with van der Waals surface area (Å²) < 4.78 is 14.8. The molecule has 2 unspecified atom stereocenters. The van der Waals surface area contributed by atoms with Crippen LogP contribution in [0.4, 0.5) is 10.2 Å². The number of anilines is 1. The lowest BCUT2D eigenvalue weighted by Crippen LogP contribution is -2.37. The second-order valence-corrected chi connectivity index (χ2v) is 7.59. The van der Waals surface area contributed by atoms with Gasteiger partial charge in [-0.2, -0.15) is 10.4 Å². The van der Waals surface area contributed by atoms with E-state index in [-0.39, 0.29) is 23.3 Å². The van der Waals surface area contributed by atoms with Gasteiger partial charge in [0.05, 0.1) is 11.3 Å². The summed E-state index contributed by atoms with van der Waals surface area (Å²) in [5, 5.41) is 17.3. The molecule has 0 amide bonds. The lowest BCUT2D eigenvalue weighted by Gasteiger charge is -2.24. The fourth-order valence-electron chi connectivity index (χ4n) is 3.85. The molecule has 8 heteroatoms. The summed E-state index contributed by atoms with van der Waals surface area (Å²) in [5.74, 6) is 0.403. The molecule has 28 heavy (non-hydrogen) atoms. The highest BCUT2D eigenvalue weighted by atomic mass is 19.1. The van der Waals surface area contributed by atoms with Crippen LogP contribution < -0.4 is 10.6 Å². The van der Waals surface area contributed by atoms with Gasteiger partial charge in [0.25, 0.3) is 0 Å². The zero-order chi connectivity index (χ0) is 19.8. The van der Waals surface area contributed by atoms with E-state index in [0.717, 1.165) is 11.8 Å². The van der Waals surface area contributed by atoms with Gasteiger partial charge in [0.2, 0.25) is 0 Å². The van der Waals surface area contributed by atoms with E-state index in [1.165, 1.54) is 6.07 Å². The minimum atomic E-state index is -0.499. The summed E-state index contributed by atoms with van der Waals surface area (Å²) in [4.78, 5) is 10.7. The van der Waals surface area contributed by atoms with Crippen molar-refractivity contribution in [3.05, 3.63) is 35.8 Å². The van der Waals surface area contributed by atoms with E-state index in [1.54, 1.807) is 12.3 Å². The van der Waals surface area contributed by atoms with Gasteiger partial charge in [-0.1, -0.05) is 13.8 Å². The molecule has 0 bridgehead atoms. The van der Waals surface area contributed by atoms with Gasteiger partial charge >= 0.3 is 0 Å². The first-order valence-corrected chi connectivity index (χ1v) is 9.40. The van der Waals surface area contributed by atoms with Crippen molar-refractivity contribution in [1.29, 1.82) is 5.26 Å². The number of hydrogen-bond acceptors (Lipinski definition) is 6. The predicted octanol–water partition coefficient (Wildman–Crippen LogP) is 2.84. The third kappa shape index (κ3) is 3.08. The third-order valence-electron chi connectivity index (χ3n) is 5.48. The van der Waals surface area contributed by atoms with Crippen LogP contribution in [0.2, 0.25) is 0 Å². The standard InChI is InChI=1S/C20H22FN7/c1-11(2)16(23)12-5-7-28(10-12)20-15(21)8-13(9-22)17(25-20)18-14-4-3-6-24-19(14)27-26-18/h3-4,6,8,11-12,16H,5,7,10,23H2,1-2H3,(H,24,26,27). The van der Waals surface area contributed by atoms with Crippen molar-refractivity contribution < 1.29 is 4.39 Å². The number of nitrogens with two attached hydrogens (primary N) is 1. The molecule has 4 rings (SSSR count). The van der Waals surface area contributed by atoms with Gasteiger partial charge in [-0.3, -0.25) is 5.10 Å². The van der Waals surface area contributed by atoms with Crippen molar-refractivity contribution >= 4 is 16.9 Å². The topological polar surface area (TPSA) is 108 Å². The van der Waals surface area contributed by atoms with Crippen LogP contribution in [0.3, 0.4) is 0 Å². The second kappa shape index (κ2) is 7.17. The van der Waals surface area contributed by atoms with Gasteiger partial charge < -0.3 is 10.6 Å². The molecule has 0 spiro atoms. The Morgan fingerprint density at radius 1 is 1.43 bits per heavy atom. The molecular weight excluding hydrogens is 357 g/mol. The Balaban J connectivity index is 1.75. The van der Waals surface area contributed by atoms with Crippen LogP contribution in [-0.2, 0) is 0 Å². The van der Waals surface area contributed by atoms with E-state index >= 15 is 0 Å². The number of rotatable bonds is 4. The Bertz CT molecular complexity index is 1050. The average Bonchev–Trinajstić information content (AvgIpc) is 3.34. The predicted molar refractivity (Wildman–Crippen MR) is 105 cm³/mol. The van der Waals surface area contributed by atoms with Crippen molar-refractivity contribution in [3.8, 4) is 17.5 Å². The van der Waals surface area contributed by atoms with Gasteiger partial charge in [0.15, 0.2) is 17.3 Å². The lowest BCUT2D eigenvalue weighted by atomic mass is 9.91. The van der Waals surface area contributed by atoms with Crippen molar-refractivity contribution in [2.75, 3.05) is 18.0 Å². The highest BCUT2D eigenvalue weighted by molar-refractivity contribution is 5.91. The number of pyridine rings is 2. The Morgan fingerprint density at radius 2 is 2.25 bits per heavy atom. The molecule has 0 radical (unpaired) electrons.